The molecule has 2 amide bonds. The average molecular weight is 606 g/mol. The molecule has 0 radical (unpaired) electrons. The fourth-order valence-corrected chi connectivity index (χ4v) is 6.62. The zero-order chi connectivity index (χ0) is 32.1. The zero-order valence-corrected chi connectivity index (χ0v) is 25.8. The smallest absolute Gasteiger partial charge is 0.254 e. The van der Waals surface area contributed by atoms with Gasteiger partial charge in [0.25, 0.3) is 5.56 Å². The van der Waals surface area contributed by atoms with Gasteiger partial charge in [-0.05, 0) is 113 Å². The number of primary amides is 2. The number of aromatic nitrogens is 1. The fraction of sp³-hybridized carbons (Fsp3) is 0.441. The molecule has 5 N–H and O–H groups in total. The van der Waals surface area contributed by atoms with E-state index in [2.05, 4.69) is 0 Å². The Morgan fingerprint density at radius 1 is 0.977 bits per heavy atom. The predicted octanol–water partition coefficient (Wildman–Crippen LogP) is 4.74. The first kappa shape index (κ1) is 31.3. The molecule has 1 heterocycles. The summed E-state index contributed by atoms with van der Waals surface area (Å²) in [7, 11) is 1.65. The number of pyridine rings is 1. The highest BCUT2D eigenvalue weighted by Gasteiger charge is 2.66. The third-order valence-electron chi connectivity index (χ3n) is 9.28. The molecule has 0 spiro atoms. The molecule has 1 unspecified atom stereocenters. The van der Waals surface area contributed by atoms with Crippen LogP contribution < -0.4 is 26.5 Å². The highest BCUT2D eigenvalue weighted by molar-refractivity contribution is 6.07. The summed E-state index contributed by atoms with van der Waals surface area (Å²) in [4.78, 5) is 36.9. The second kappa shape index (κ2) is 11.4. The number of hydrogen-bond donors (Lipinski definition) is 3. The minimum absolute atomic E-state index is 0.128. The van der Waals surface area contributed by atoms with Gasteiger partial charge in [-0.15, -0.1) is 0 Å². The van der Waals surface area contributed by atoms with Crippen LogP contribution >= 0.6 is 0 Å². The van der Waals surface area contributed by atoms with E-state index in [1.807, 2.05) is 6.07 Å². The van der Waals surface area contributed by atoms with Gasteiger partial charge in [0.15, 0.2) is 0 Å². The Balaban J connectivity index is 1.47. The summed E-state index contributed by atoms with van der Waals surface area (Å²) in [5, 5.41) is 10.8. The van der Waals surface area contributed by atoms with Gasteiger partial charge in [0.2, 0.25) is 11.8 Å². The molecule has 2 fully saturated rings. The lowest BCUT2D eigenvalue weighted by Gasteiger charge is -2.31. The van der Waals surface area contributed by atoms with Crippen LogP contribution in [-0.4, -0.2) is 27.6 Å². The van der Waals surface area contributed by atoms with Gasteiger partial charge in [0.1, 0.15) is 28.5 Å². The minimum Gasteiger partial charge on any atom is -0.490 e. The van der Waals surface area contributed by atoms with Gasteiger partial charge < -0.3 is 30.6 Å². The van der Waals surface area contributed by atoms with Crippen molar-refractivity contribution in [3.63, 3.8) is 0 Å². The van der Waals surface area contributed by atoms with Crippen LogP contribution in [0.2, 0.25) is 0 Å². The van der Waals surface area contributed by atoms with E-state index < -0.39 is 22.8 Å². The molecule has 2 aliphatic carbocycles. The van der Waals surface area contributed by atoms with E-state index in [1.54, 1.807) is 53.1 Å². The topological polar surface area (TPSA) is 147 Å². The molecule has 1 atom stereocenters. The standard InChI is InChI=1S/C34H40FN3O6/c1-18-12-22(35)13-19(2)30(18)44-27-11-8-21(33(3,4)42)14-24(27)25-17-38(5)29(39)15-28(25)43-23-9-6-20(7-10-23)26-16-34(26,31(36)40)32(37)41/h8,11-15,17,20,23,26,42H,6-7,9-10,16H2,1-5H3,(H2,36,40)(H2,37,41). The second-order valence-electron chi connectivity index (χ2n) is 12.9. The summed E-state index contributed by atoms with van der Waals surface area (Å²) < 4.78 is 28.4. The van der Waals surface area contributed by atoms with Gasteiger partial charge in [-0.2, -0.15) is 0 Å². The van der Waals surface area contributed by atoms with Crippen molar-refractivity contribution in [2.24, 2.45) is 35.8 Å². The van der Waals surface area contributed by atoms with Crippen molar-refractivity contribution in [1.29, 1.82) is 0 Å². The van der Waals surface area contributed by atoms with Crippen molar-refractivity contribution in [2.75, 3.05) is 0 Å². The van der Waals surface area contributed by atoms with E-state index in [0.717, 1.165) is 12.8 Å². The van der Waals surface area contributed by atoms with E-state index in [0.29, 0.717) is 64.3 Å². The molecule has 2 aromatic carbocycles. The quantitative estimate of drug-likeness (QED) is 0.300. The first-order valence-corrected chi connectivity index (χ1v) is 14.9. The molecule has 2 aliphatic rings. The Kier molecular flexibility index (Phi) is 8.09. The van der Waals surface area contributed by atoms with E-state index in [1.165, 1.54) is 22.8 Å². The van der Waals surface area contributed by atoms with Gasteiger partial charge in [-0.1, -0.05) is 6.07 Å². The number of hydrogen-bond acceptors (Lipinski definition) is 6. The number of nitrogens with two attached hydrogens (primary N) is 2. The molecular formula is C34H40FN3O6. The lowest BCUT2D eigenvalue weighted by Crippen LogP contribution is -2.40. The van der Waals surface area contributed by atoms with Crippen molar-refractivity contribution in [3.8, 4) is 28.4 Å². The molecule has 0 saturated heterocycles. The Morgan fingerprint density at radius 2 is 1.59 bits per heavy atom. The summed E-state index contributed by atoms with van der Waals surface area (Å²) in [6.07, 6.45) is 4.63. The number of amides is 2. The molecule has 0 aliphatic heterocycles. The summed E-state index contributed by atoms with van der Waals surface area (Å²) >= 11 is 0. The number of ether oxygens (including phenoxy) is 2. The van der Waals surface area contributed by atoms with Gasteiger partial charge in [-0.25, -0.2) is 4.39 Å². The van der Waals surface area contributed by atoms with Crippen molar-refractivity contribution in [3.05, 3.63) is 75.5 Å². The molecule has 3 aromatic rings. The number of nitrogens with zero attached hydrogens (tertiary/aromatic N) is 1. The third kappa shape index (κ3) is 5.83. The summed E-state index contributed by atoms with van der Waals surface area (Å²) in [6, 6.07) is 9.60. The molecule has 1 aromatic heterocycles. The molecule has 10 heteroatoms. The van der Waals surface area contributed by atoms with Crippen LogP contribution in [0.3, 0.4) is 0 Å². The normalized spacial score (nSPS) is 21.0. The summed E-state index contributed by atoms with van der Waals surface area (Å²) in [5.41, 5.74) is 11.5. The van der Waals surface area contributed by atoms with Crippen molar-refractivity contribution >= 4 is 11.8 Å². The van der Waals surface area contributed by atoms with Gasteiger partial charge >= 0.3 is 0 Å². The maximum Gasteiger partial charge on any atom is 0.254 e. The van der Waals surface area contributed by atoms with Crippen LogP contribution in [0, 0.1) is 36.9 Å². The van der Waals surface area contributed by atoms with E-state index >= 15 is 0 Å². The Hall–Kier alpha value is -4.18. The largest absolute Gasteiger partial charge is 0.490 e. The molecule has 0 bridgehead atoms. The highest BCUT2D eigenvalue weighted by atomic mass is 19.1. The lowest BCUT2D eigenvalue weighted by atomic mass is 9.81. The van der Waals surface area contributed by atoms with Crippen LogP contribution in [0.1, 0.15) is 62.6 Å². The molecule has 44 heavy (non-hydrogen) atoms. The SMILES string of the molecule is Cc1cc(F)cc(C)c1Oc1ccc(C(C)(C)O)cc1-c1cn(C)c(=O)cc1OC1CCC(C2CC2(C(N)=O)C(N)=O)CC1. The molecule has 234 valence electrons. The fourth-order valence-electron chi connectivity index (χ4n) is 6.62. The number of aliphatic hydroxyl groups is 1. The number of carbonyl (C=O) groups excluding carboxylic acids is 2. The van der Waals surface area contributed by atoms with Crippen molar-refractivity contribution in [2.45, 2.75) is 71.5 Å². The molecular weight excluding hydrogens is 565 g/mol. The Morgan fingerprint density at radius 3 is 2.14 bits per heavy atom. The van der Waals surface area contributed by atoms with Crippen LogP contribution in [0.25, 0.3) is 11.1 Å². The highest BCUT2D eigenvalue weighted by Crippen LogP contribution is 2.59. The average Bonchev–Trinajstić information content (AvgIpc) is 3.70. The maximum absolute atomic E-state index is 14.0. The van der Waals surface area contributed by atoms with E-state index in [4.69, 9.17) is 20.9 Å². The first-order chi connectivity index (χ1) is 20.6. The third-order valence-corrected chi connectivity index (χ3v) is 9.28. The first-order valence-electron chi connectivity index (χ1n) is 14.9. The zero-order valence-electron chi connectivity index (χ0n) is 25.8. The molecule has 9 nitrogen and oxygen atoms in total. The van der Waals surface area contributed by atoms with E-state index in [-0.39, 0.29) is 29.3 Å². The summed E-state index contributed by atoms with van der Waals surface area (Å²) in [5.74, 6) is -0.361. The Labute approximate surface area is 256 Å². The number of aryl methyl sites for hydroxylation is 3. The van der Waals surface area contributed by atoms with Crippen molar-refractivity contribution < 1.29 is 28.6 Å². The van der Waals surface area contributed by atoms with Crippen LogP contribution in [0.5, 0.6) is 17.2 Å². The van der Waals surface area contributed by atoms with Crippen molar-refractivity contribution in [1.82, 2.24) is 4.57 Å². The van der Waals surface area contributed by atoms with Gasteiger partial charge in [0, 0.05) is 30.4 Å². The molecule has 5 rings (SSSR count). The van der Waals surface area contributed by atoms with Gasteiger partial charge in [-0.3, -0.25) is 14.4 Å². The Bertz CT molecular complexity index is 1650. The summed E-state index contributed by atoms with van der Waals surface area (Å²) in [6.45, 7) is 6.91. The lowest BCUT2D eigenvalue weighted by molar-refractivity contribution is -0.134. The predicted molar refractivity (Wildman–Crippen MR) is 164 cm³/mol. The second-order valence-corrected chi connectivity index (χ2v) is 12.9. The number of rotatable bonds is 9. The van der Waals surface area contributed by atoms with Gasteiger partial charge in [0.05, 0.1) is 11.7 Å². The number of benzene rings is 2. The maximum atomic E-state index is 14.0. The monoisotopic (exact) mass is 605 g/mol. The van der Waals surface area contributed by atoms with E-state index in [9.17, 15) is 23.9 Å². The number of carbonyl (C=O) groups is 2. The molecule has 2 saturated carbocycles. The number of halogens is 1. The van der Waals surface area contributed by atoms with Crippen LogP contribution in [0.4, 0.5) is 4.39 Å². The minimum atomic E-state index is -1.25. The van der Waals surface area contributed by atoms with Crippen LogP contribution in [0.15, 0.2) is 47.4 Å². The van der Waals surface area contributed by atoms with Crippen LogP contribution in [-0.2, 0) is 22.2 Å².